The molecule has 136 valence electrons. The predicted octanol–water partition coefficient (Wildman–Crippen LogP) is 0.867. The summed E-state index contributed by atoms with van der Waals surface area (Å²) in [7, 11) is -3.21. The molecule has 3 N–H and O–H groups in total. The van der Waals surface area contributed by atoms with Gasteiger partial charge in [-0.1, -0.05) is 30.3 Å². The van der Waals surface area contributed by atoms with Crippen LogP contribution < -0.4 is 11.1 Å². The maximum Gasteiger partial charge on any atom is 0.230 e. The Hall–Kier alpha value is -1.15. The molecular formula is C16H26ClN3O3S. The van der Waals surface area contributed by atoms with E-state index in [1.54, 1.807) is 6.92 Å². The van der Waals surface area contributed by atoms with Crippen LogP contribution in [-0.2, 0) is 20.2 Å². The van der Waals surface area contributed by atoms with Crippen molar-refractivity contribution in [3.63, 3.8) is 0 Å². The van der Waals surface area contributed by atoms with E-state index >= 15 is 0 Å². The first-order valence-corrected chi connectivity index (χ1v) is 9.59. The lowest BCUT2D eigenvalue weighted by atomic mass is 9.72. The summed E-state index contributed by atoms with van der Waals surface area (Å²) in [6, 6.07) is 9.59. The van der Waals surface area contributed by atoms with Crippen LogP contribution in [0.2, 0.25) is 0 Å². The van der Waals surface area contributed by atoms with Gasteiger partial charge in [0.15, 0.2) is 0 Å². The molecule has 1 aliphatic rings. The van der Waals surface area contributed by atoms with Crippen molar-refractivity contribution >= 4 is 28.3 Å². The van der Waals surface area contributed by atoms with E-state index in [4.69, 9.17) is 5.73 Å². The van der Waals surface area contributed by atoms with Gasteiger partial charge in [-0.15, -0.1) is 12.4 Å². The van der Waals surface area contributed by atoms with Gasteiger partial charge in [0.2, 0.25) is 15.9 Å². The number of benzene rings is 1. The molecule has 2 rings (SSSR count). The van der Waals surface area contributed by atoms with E-state index in [-0.39, 0.29) is 24.1 Å². The van der Waals surface area contributed by atoms with Crippen LogP contribution in [0.5, 0.6) is 0 Å². The molecule has 1 fully saturated rings. The quantitative estimate of drug-likeness (QED) is 0.771. The number of rotatable bonds is 6. The van der Waals surface area contributed by atoms with Crippen LogP contribution in [-0.4, -0.2) is 50.6 Å². The number of carbonyl (C=O) groups excluding carboxylic acids is 1. The molecule has 24 heavy (non-hydrogen) atoms. The zero-order valence-corrected chi connectivity index (χ0v) is 15.5. The molecule has 0 aromatic heterocycles. The normalized spacial score (nSPS) is 17.8. The van der Waals surface area contributed by atoms with Gasteiger partial charge in [0, 0.05) is 26.2 Å². The van der Waals surface area contributed by atoms with Crippen LogP contribution in [0.15, 0.2) is 30.3 Å². The summed E-state index contributed by atoms with van der Waals surface area (Å²) < 4.78 is 25.6. The van der Waals surface area contributed by atoms with E-state index in [2.05, 4.69) is 5.32 Å². The number of nitrogens with one attached hydrogen (secondary N) is 1. The lowest BCUT2D eigenvalue weighted by molar-refractivity contribution is -0.128. The fourth-order valence-corrected chi connectivity index (χ4v) is 4.19. The highest BCUT2D eigenvalue weighted by atomic mass is 35.5. The molecule has 0 unspecified atom stereocenters. The van der Waals surface area contributed by atoms with E-state index in [9.17, 15) is 13.2 Å². The van der Waals surface area contributed by atoms with Gasteiger partial charge in [-0.25, -0.2) is 12.7 Å². The van der Waals surface area contributed by atoms with E-state index in [0.717, 1.165) is 5.56 Å². The summed E-state index contributed by atoms with van der Waals surface area (Å²) in [6.45, 7) is 3.17. The average molecular weight is 376 g/mol. The van der Waals surface area contributed by atoms with Crippen molar-refractivity contribution < 1.29 is 13.2 Å². The van der Waals surface area contributed by atoms with Crippen LogP contribution in [0.3, 0.4) is 0 Å². The third kappa shape index (κ3) is 4.27. The Morgan fingerprint density at radius 1 is 1.25 bits per heavy atom. The van der Waals surface area contributed by atoms with Crippen LogP contribution in [0.1, 0.15) is 25.3 Å². The summed E-state index contributed by atoms with van der Waals surface area (Å²) in [6.07, 6.45) is 0.958. The number of sulfonamides is 1. The van der Waals surface area contributed by atoms with Crippen molar-refractivity contribution in [2.24, 2.45) is 5.73 Å². The van der Waals surface area contributed by atoms with Gasteiger partial charge in [0.05, 0.1) is 11.2 Å². The van der Waals surface area contributed by atoms with Crippen molar-refractivity contribution in [1.29, 1.82) is 0 Å². The summed E-state index contributed by atoms with van der Waals surface area (Å²) in [5.41, 5.74) is 5.73. The number of hydrogen-bond acceptors (Lipinski definition) is 4. The topological polar surface area (TPSA) is 92.5 Å². The van der Waals surface area contributed by atoms with Crippen LogP contribution in [0, 0.1) is 0 Å². The van der Waals surface area contributed by atoms with E-state index in [1.165, 1.54) is 4.31 Å². The minimum absolute atomic E-state index is 0. The fourth-order valence-electron chi connectivity index (χ4n) is 3.09. The Balaban J connectivity index is 0.00000288. The average Bonchev–Trinajstić information content (AvgIpc) is 2.60. The summed E-state index contributed by atoms with van der Waals surface area (Å²) in [4.78, 5) is 12.8. The summed E-state index contributed by atoms with van der Waals surface area (Å²) in [5.74, 6) is 0.0211. The minimum atomic E-state index is -3.21. The lowest BCUT2D eigenvalue weighted by Crippen LogP contribution is -2.53. The van der Waals surface area contributed by atoms with Gasteiger partial charge in [-0.05, 0) is 25.3 Å². The number of halogens is 1. The first-order chi connectivity index (χ1) is 11.0. The molecule has 8 heteroatoms. The molecule has 1 aromatic carbocycles. The molecule has 1 aliphatic heterocycles. The van der Waals surface area contributed by atoms with Gasteiger partial charge in [-0.3, -0.25) is 4.79 Å². The number of nitrogens with two attached hydrogens (primary N) is 1. The Bertz CT molecular complexity index is 629. The second-order valence-electron chi connectivity index (χ2n) is 5.79. The Kier molecular flexibility index (Phi) is 7.66. The van der Waals surface area contributed by atoms with Gasteiger partial charge in [-0.2, -0.15) is 0 Å². The highest BCUT2D eigenvalue weighted by Gasteiger charge is 2.44. The predicted molar refractivity (Wildman–Crippen MR) is 97.7 cm³/mol. The van der Waals surface area contributed by atoms with E-state index in [1.807, 2.05) is 30.3 Å². The minimum Gasteiger partial charge on any atom is -0.354 e. The molecule has 0 saturated carbocycles. The van der Waals surface area contributed by atoms with Crippen LogP contribution >= 0.6 is 12.4 Å². The molecule has 0 atom stereocenters. The number of carbonyl (C=O) groups is 1. The molecule has 0 aliphatic carbocycles. The van der Waals surface area contributed by atoms with Crippen LogP contribution in [0.25, 0.3) is 0 Å². The van der Waals surface area contributed by atoms with Crippen molar-refractivity contribution in [3.8, 4) is 0 Å². The second-order valence-corrected chi connectivity index (χ2v) is 8.05. The van der Waals surface area contributed by atoms with Crippen molar-refractivity contribution in [3.05, 3.63) is 35.9 Å². The van der Waals surface area contributed by atoms with Gasteiger partial charge in [0.25, 0.3) is 0 Å². The molecule has 1 heterocycles. The number of hydrogen-bond donors (Lipinski definition) is 2. The zero-order chi connectivity index (χ0) is 16.9. The first kappa shape index (κ1) is 20.9. The van der Waals surface area contributed by atoms with Gasteiger partial charge in [0.1, 0.15) is 0 Å². The molecule has 0 spiro atoms. The van der Waals surface area contributed by atoms with Crippen LogP contribution in [0.4, 0.5) is 0 Å². The maximum atomic E-state index is 12.8. The van der Waals surface area contributed by atoms with Gasteiger partial charge < -0.3 is 11.1 Å². The lowest BCUT2D eigenvalue weighted by Gasteiger charge is -2.40. The van der Waals surface area contributed by atoms with E-state index in [0.29, 0.717) is 39.0 Å². The first-order valence-electron chi connectivity index (χ1n) is 7.98. The number of amides is 1. The number of nitrogens with zero attached hydrogens (tertiary/aromatic N) is 1. The molecule has 1 aromatic rings. The molecule has 0 radical (unpaired) electrons. The highest BCUT2D eigenvalue weighted by molar-refractivity contribution is 7.89. The third-order valence-electron chi connectivity index (χ3n) is 4.53. The molecule has 0 bridgehead atoms. The monoisotopic (exact) mass is 375 g/mol. The molecule has 6 nitrogen and oxygen atoms in total. The Labute approximate surface area is 150 Å². The highest BCUT2D eigenvalue weighted by Crippen LogP contribution is 2.36. The zero-order valence-electron chi connectivity index (χ0n) is 13.9. The van der Waals surface area contributed by atoms with Crippen molar-refractivity contribution in [1.82, 2.24) is 9.62 Å². The standard InChI is InChI=1S/C16H25N3O3S.ClH/c1-2-23(21,22)19-12-8-16(9-13-19,15(20)18-11-10-17)14-6-4-3-5-7-14;/h3-7H,2,8-13,17H2,1H3,(H,18,20);1H. The fraction of sp³-hybridized carbons (Fsp3) is 0.562. The van der Waals surface area contributed by atoms with Crippen molar-refractivity contribution in [2.75, 3.05) is 31.9 Å². The SMILES string of the molecule is CCS(=O)(=O)N1CCC(C(=O)NCCN)(c2ccccc2)CC1.Cl. The Morgan fingerprint density at radius 2 is 1.83 bits per heavy atom. The molecular weight excluding hydrogens is 350 g/mol. The largest absolute Gasteiger partial charge is 0.354 e. The molecule has 1 amide bonds. The smallest absolute Gasteiger partial charge is 0.230 e. The summed E-state index contributed by atoms with van der Waals surface area (Å²) >= 11 is 0. The van der Waals surface area contributed by atoms with Gasteiger partial charge >= 0.3 is 0 Å². The second kappa shape index (κ2) is 8.80. The third-order valence-corrected chi connectivity index (χ3v) is 6.41. The maximum absolute atomic E-state index is 12.8. The van der Waals surface area contributed by atoms with E-state index < -0.39 is 15.4 Å². The number of piperidine rings is 1. The molecule has 1 saturated heterocycles. The summed E-state index contributed by atoms with van der Waals surface area (Å²) in [5, 5.41) is 2.88. The van der Waals surface area contributed by atoms with Crippen molar-refractivity contribution in [2.45, 2.75) is 25.2 Å². The Morgan fingerprint density at radius 3 is 2.33 bits per heavy atom.